The summed E-state index contributed by atoms with van der Waals surface area (Å²) >= 11 is 0. The van der Waals surface area contributed by atoms with Crippen LogP contribution in [-0.4, -0.2) is 37.0 Å². The van der Waals surface area contributed by atoms with E-state index in [-0.39, 0.29) is 5.91 Å². The number of rotatable bonds is 4. The highest BCUT2D eigenvalue weighted by Crippen LogP contribution is 2.17. The van der Waals surface area contributed by atoms with Gasteiger partial charge in [-0.1, -0.05) is 36.8 Å². The molecule has 3 nitrogen and oxygen atoms in total. The molecule has 1 N–H and O–H groups in total. The smallest absolute Gasteiger partial charge is 0.253 e. The second-order valence-corrected chi connectivity index (χ2v) is 6.22. The van der Waals surface area contributed by atoms with E-state index in [2.05, 4.69) is 17.4 Å². The van der Waals surface area contributed by atoms with Crippen LogP contribution in [0.4, 0.5) is 0 Å². The number of carbonyl (C=O) groups excluding carboxylic acids is 1. The van der Waals surface area contributed by atoms with Crippen molar-refractivity contribution in [3.05, 3.63) is 48.0 Å². The molecule has 0 bridgehead atoms. The highest BCUT2D eigenvalue weighted by atomic mass is 16.2. The summed E-state index contributed by atoms with van der Waals surface area (Å²) < 4.78 is 0. The number of amides is 1. The lowest BCUT2D eigenvalue weighted by atomic mass is 10.0. The van der Waals surface area contributed by atoms with Crippen LogP contribution in [0.2, 0.25) is 0 Å². The predicted octanol–water partition coefficient (Wildman–Crippen LogP) is 3.44. The van der Waals surface area contributed by atoms with E-state index < -0.39 is 0 Å². The van der Waals surface area contributed by atoms with Gasteiger partial charge in [-0.15, -0.1) is 0 Å². The number of piperidine rings is 1. The Morgan fingerprint density at radius 1 is 1.18 bits per heavy atom. The van der Waals surface area contributed by atoms with Crippen LogP contribution in [0.25, 0.3) is 10.8 Å². The van der Waals surface area contributed by atoms with E-state index in [9.17, 15) is 4.79 Å². The number of fused-ring (bicyclic) bond motifs is 1. The van der Waals surface area contributed by atoms with Crippen LogP contribution in [0.15, 0.2) is 42.5 Å². The molecule has 1 unspecified atom stereocenters. The molecule has 1 amide bonds. The van der Waals surface area contributed by atoms with E-state index in [0.717, 1.165) is 30.5 Å². The molecule has 0 spiro atoms. The van der Waals surface area contributed by atoms with Crippen molar-refractivity contribution in [3.63, 3.8) is 0 Å². The number of nitrogens with one attached hydrogen (secondary N) is 1. The van der Waals surface area contributed by atoms with Crippen LogP contribution in [0.1, 0.15) is 36.0 Å². The zero-order valence-corrected chi connectivity index (χ0v) is 13.2. The van der Waals surface area contributed by atoms with E-state index in [0.29, 0.717) is 6.04 Å². The Bertz CT molecular complexity index is 647. The number of hydrogen-bond donors (Lipinski definition) is 1. The van der Waals surface area contributed by atoms with Gasteiger partial charge in [0.05, 0.1) is 0 Å². The largest absolute Gasteiger partial charge is 0.342 e. The lowest BCUT2D eigenvalue weighted by molar-refractivity contribution is 0.0788. The van der Waals surface area contributed by atoms with Gasteiger partial charge in [-0.3, -0.25) is 4.79 Å². The lowest BCUT2D eigenvalue weighted by Gasteiger charge is -2.26. The summed E-state index contributed by atoms with van der Waals surface area (Å²) in [4.78, 5) is 14.4. The van der Waals surface area contributed by atoms with Gasteiger partial charge in [0.2, 0.25) is 0 Å². The molecule has 2 aromatic rings. The maximum absolute atomic E-state index is 12.6. The van der Waals surface area contributed by atoms with Crippen molar-refractivity contribution in [1.29, 1.82) is 0 Å². The summed E-state index contributed by atoms with van der Waals surface area (Å²) in [7, 11) is 1.90. The van der Waals surface area contributed by atoms with Gasteiger partial charge in [-0.05, 0) is 48.7 Å². The first kappa shape index (κ1) is 15.0. The number of nitrogens with zero attached hydrogens (tertiary/aromatic N) is 1. The van der Waals surface area contributed by atoms with Gasteiger partial charge >= 0.3 is 0 Å². The van der Waals surface area contributed by atoms with E-state index in [1.54, 1.807) is 0 Å². The van der Waals surface area contributed by atoms with Gasteiger partial charge < -0.3 is 10.2 Å². The zero-order chi connectivity index (χ0) is 15.4. The molecule has 0 aliphatic carbocycles. The van der Waals surface area contributed by atoms with Crippen molar-refractivity contribution in [2.75, 3.05) is 20.1 Å². The van der Waals surface area contributed by atoms with E-state index >= 15 is 0 Å². The third-order valence-electron chi connectivity index (χ3n) is 4.57. The van der Waals surface area contributed by atoms with E-state index in [4.69, 9.17) is 0 Å². The summed E-state index contributed by atoms with van der Waals surface area (Å²) in [5, 5.41) is 5.83. The molecular formula is C19H24N2O. The minimum Gasteiger partial charge on any atom is -0.342 e. The molecule has 3 heteroatoms. The molecular weight excluding hydrogens is 272 g/mol. The van der Waals surface area contributed by atoms with E-state index in [1.807, 2.05) is 42.3 Å². The molecule has 1 heterocycles. The van der Waals surface area contributed by atoms with Gasteiger partial charge in [0.25, 0.3) is 5.91 Å². The van der Waals surface area contributed by atoms with Gasteiger partial charge in [0.15, 0.2) is 0 Å². The molecule has 1 aliphatic rings. The number of carbonyl (C=O) groups is 1. The third-order valence-corrected chi connectivity index (χ3v) is 4.57. The SMILES string of the molecule is CN(CCC1CCCCN1)C(=O)c1ccc2ccccc2c1. The predicted molar refractivity (Wildman–Crippen MR) is 91.2 cm³/mol. The first-order valence-corrected chi connectivity index (χ1v) is 8.22. The number of hydrogen-bond acceptors (Lipinski definition) is 2. The molecule has 0 aromatic heterocycles. The lowest BCUT2D eigenvalue weighted by Crippen LogP contribution is -2.38. The molecule has 116 valence electrons. The highest BCUT2D eigenvalue weighted by molar-refractivity contribution is 5.98. The van der Waals surface area contributed by atoms with Crippen molar-refractivity contribution in [3.8, 4) is 0 Å². The molecule has 3 rings (SSSR count). The number of benzene rings is 2. The van der Waals surface area contributed by atoms with Crippen LogP contribution in [-0.2, 0) is 0 Å². The van der Waals surface area contributed by atoms with E-state index in [1.165, 1.54) is 24.6 Å². The molecule has 22 heavy (non-hydrogen) atoms. The van der Waals surface area contributed by atoms with Crippen LogP contribution < -0.4 is 5.32 Å². The zero-order valence-electron chi connectivity index (χ0n) is 13.2. The minimum absolute atomic E-state index is 0.113. The topological polar surface area (TPSA) is 32.3 Å². The monoisotopic (exact) mass is 296 g/mol. The average molecular weight is 296 g/mol. The Kier molecular flexibility index (Phi) is 4.74. The van der Waals surface area contributed by atoms with Crippen LogP contribution >= 0.6 is 0 Å². The summed E-state index contributed by atoms with van der Waals surface area (Å²) in [6, 6.07) is 14.7. The van der Waals surface area contributed by atoms with Gasteiger partial charge in [0, 0.05) is 25.2 Å². The molecule has 1 aliphatic heterocycles. The first-order chi connectivity index (χ1) is 10.7. The Morgan fingerprint density at radius 3 is 2.77 bits per heavy atom. The van der Waals surface area contributed by atoms with Crippen molar-refractivity contribution in [2.24, 2.45) is 0 Å². The maximum atomic E-state index is 12.6. The second kappa shape index (κ2) is 6.93. The maximum Gasteiger partial charge on any atom is 0.253 e. The van der Waals surface area contributed by atoms with Gasteiger partial charge in [-0.25, -0.2) is 0 Å². The Balaban J connectivity index is 1.63. The Hall–Kier alpha value is -1.87. The fraction of sp³-hybridized carbons (Fsp3) is 0.421. The first-order valence-electron chi connectivity index (χ1n) is 8.22. The van der Waals surface area contributed by atoms with Gasteiger partial charge in [-0.2, -0.15) is 0 Å². The minimum atomic E-state index is 0.113. The summed E-state index contributed by atoms with van der Waals surface area (Å²) in [5.41, 5.74) is 0.776. The molecule has 2 aromatic carbocycles. The van der Waals surface area contributed by atoms with Crippen molar-refractivity contribution >= 4 is 16.7 Å². The van der Waals surface area contributed by atoms with Crippen molar-refractivity contribution in [1.82, 2.24) is 10.2 Å². The van der Waals surface area contributed by atoms with Crippen LogP contribution in [0.5, 0.6) is 0 Å². The normalized spacial score (nSPS) is 18.3. The van der Waals surface area contributed by atoms with Crippen molar-refractivity contribution < 1.29 is 4.79 Å². The molecule has 1 atom stereocenters. The standard InChI is InChI=1S/C19H24N2O/c1-21(13-11-18-8-4-5-12-20-18)19(22)17-10-9-15-6-2-3-7-16(15)14-17/h2-3,6-7,9-10,14,18,20H,4-5,8,11-13H2,1H3. The Labute approximate surface area is 132 Å². The fourth-order valence-electron chi connectivity index (χ4n) is 3.16. The van der Waals surface area contributed by atoms with Gasteiger partial charge in [0.1, 0.15) is 0 Å². The van der Waals surface area contributed by atoms with Crippen molar-refractivity contribution in [2.45, 2.75) is 31.7 Å². The second-order valence-electron chi connectivity index (χ2n) is 6.22. The fourth-order valence-corrected chi connectivity index (χ4v) is 3.16. The average Bonchev–Trinajstić information content (AvgIpc) is 2.59. The molecule has 1 saturated heterocycles. The molecule has 0 saturated carbocycles. The molecule has 0 radical (unpaired) electrons. The summed E-state index contributed by atoms with van der Waals surface area (Å²) in [5.74, 6) is 0.113. The summed E-state index contributed by atoms with van der Waals surface area (Å²) in [6.45, 7) is 1.93. The summed E-state index contributed by atoms with van der Waals surface area (Å²) in [6.07, 6.45) is 4.86. The Morgan fingerprint density at radius 2 is 2.00 bits per heavy atom. The van der Waals surface area contributed by atoms with Crippen LogP contribution in [0, 0.1) is 0 Å². The third kappa shape index (κ3) is 3.47. The quantitative estimate of drug-likeness (QED) is 0.937. The highest BCUT2D eigenvalue weighted by Gasteiger charge is 2.16. The molecule has 1 fully saturated rings. The van der Waals surface area contributed by atoms with Crippen LogP contribution in [0.3, 0.4) is 0 Å².